The summed E-state index contributed by atoms with van der Waals surface area (Å²) >= 11 is 1.13. The van der Waals surface area contributed by atoms with Gasteiger partial charge in [0.05, 0.1) is 5.41 Å². The lowest BCUT2D eigenvalue weighted by Crippen LogP contribution is -2.26. The van der Waals surface area contributed by atoms with Crippen LogP contribution in [0.15, 0.2) is 36.4 Å². The highest BCUT2D eigenvalue weighted by atomic mass is 32.2. The Kier molecular flexibility index (Phi) is 5.25. The van der Waals surface area contributed by atoms with E-state index in [-0.39, 0.29) is 5.41 Å². The van der Waals surface area contributed by atoms with Gasteiger partial charge in [0.1, 0.15) is 6.54 Å². The van der Waals surface area contributed by atoms with Gasteiger partial charge in [0.25, 0.3) is 0 Å². The molecule has 128 valence electrons. The molecule has 0 atom stereocenters. The van der Waals surface area contributed by atoms with Gasteiger partial charge in [-0.2, -0.15) is 4.58 Å². The number of hydrogen-bond acceptors (Lipinski definition) is 4. The molecule has 4 nitrogen and oxygen atoms in total. The van der Waals surface area contributed by atoms with Crippen molar-refractivity contribution in [3.8, 4) is 0 Å². The molecule has 0 spiro atoms. The van der Waals surface area contributed by atoms with E-state index >= 15 is 0 Å². The van der Waals surface area contributed by atoms with Crippen LogP contribution >= 0.6 is 12.0 Å². The number of rotatable bonds is 7. The first-order chi connectivity index (χ1) is 11.6. The summed E-state index contributed by atoms with van der Waals surface area (Å²) in [6.45, 7) is 7.86. The summed E-state index contributed by atoms with van der Waals surface area (Å²) in [5, 5.41) is 14.4. The molecule has 1 N–H and O–H groups in total. The van der Waals surface area contributed by atoms with Gasteiger partial charge in [-0.3, -0.25) is 0 Å². The molecule has 0 fully saturated rings. The molecule has 1 aliphatic heterocycles. The van der Waals surface area contributed by atoms with Crippen LogP contribution in [0.4, 0.5) is 5.69 Å². The van der Waals surface area contributed by atoms with Gasteiger partial charge in [-0.05, 0) is 37.1 Å². The minimum absolute atomic E-state index is 0.0405. The Bertz CT molecular complexity index is 770. The highest BCUT2D eigenvalue weighted by molar-refractivity contribution is 7.94. The van der Waals surface area contributed by atoms with E-state index in [0.29, 0.717) is 0 Å². The molecular weight excluding hydrogens is 322 g/mol. The minimum Gasteiger partial charge on any atom is -0.220 e. The van der Waals surface area contributed by atoms with Gasteiger partial charge < -0.3 is 0 Å². The summed E-state index contributed by atoms with van der Waals surface area (Å²) in [5.41, 5.74) is 4.21. The van der Waals surface area contributed by atoms with Gasteiger partial charge in [0.2, 0.25) is 5.69 Å². The predicted octanol–water partition coefficient (Wildman–Crippen LogP) is 5.09. The molecule has 0 saturated carbocycles. The Morgan fingerprint density at radius 2 is 1.92 bits per heavy atom. The maximum absolute atomic E-state index is 8.13. The van der Waals surface area contributed by atoms with Crippen LogP contribution in [0.5, 0.6) is 0 Å². The topological polar surface area (TPSA) is 41.7 Å². The van der Waals surface area contributed by atoms with E-state index in [0.717, 1.165) is 37.2 Å². The Morgan fingerprint density at radius 3 is 2.71 bits per heavy atom. The van der Waals surface area contributed by atoms with E-state index in [9.17, 15) is 0 Å². The second-order valence-electron chi connectivity index (χ2n) is 6.71. The van der Waals surface area contributed by atoms with Crippen LogP contribution in [0.1, 0.15) is 39.2 Å². The lowest BCUT2D eigenvalue weighted by Gasteiger charge is -2.17. The van der Waals surface area contributed by atoms with Crippen molar-refractivity contribution in [3.63, 3.8) is 0 Å². The summed E-state index contributed by atoms with van der Waals surface area (Å²) < 4.78 is 6.87. The molecule has 2 aromatic rings. The van der Waals surface area contributed by atoms with Gasteiger partial charge in [0, 0.05) is 42.8 Å². The first-order valence-electron chi connectivity index (χ1n) is 8.31. The van der Waals surface area contributed by atoms with Gasteiger partial charge in [-0.15, -0.1) is 4.33 Å². The molecule has 0 aromatic heterocycles. The molecule has 0 bridgehead atoms. The summed E-state index contributed by atoms with van der Waals surface area (Å²) in [6, 6.07) is 13.1. The fraction of sp³-hybridized carbons (Fsp3) is 0.421. The normalized spacial score (nSPS) is 16.0. The molecule has 2 aromatic carbocycles. The fourth-order valence-corrected chi connectivity index (χ4v) is 4.05. The van der Waals surface area contributed by atoms with Gasteiger partial charge in [-0.1, -0.05) is 29.3 Å². The number of unbranched alkanes of at least 4 members (excludes halogenated alkanes) is 1. The first-order valence-corrected chi connectivity index (χ1v) is 9.22. The van der Waals surface area contributed by atoms with Crippen LogP contribution in [0.2, 0.25) is 0 Å². The monoisotopic (exact) mass is 346 g/mol. The third-order valence-electron chi connectivity index (χ3n) is 5.07. The molecular formula is C19H24NO3S+. The Labute approximate surface area is 147 Å². The number of benzene rings is 2. The average molecular weight is 346 g/mol. The summed E-state index contributed by atoms with van der Waals surface area (Å²) in [6.07, 6.45) is 2.06. The zero-order valence-electron chi connectivity index (χ0n) is 14.4. The molecule has 5 heteroatoms. The number of hydrogen-bond donors (Lipinski definition) is 1. The summed E-state index contributed by atoms with van der Waals surface area (Å²) in [4.78, 5) is 0. The smallest absolute Gasteiger partial charge is 0.210 e. The van der Waals surface area contributed by atoms with E-state index in [1.165, 1.54) is 27.7 Å². The first kappa shape index (κ1) is 17.4. The van der Waals surface area contributed by atoms with E-state index in [1.807, 2.05) is 0 Å². The minimum atomic E-state index is 0.0405. The summed E-state index contributed by atoms with van der Waals surface area (Å²) in [5.74, 6) is 0.793. The largest absolute Gasteiger partial charge is 0.220 e. The van der Waals surface area contributed by atoms with Crippen molar-refractivity contribution < 1.29 is 19.2 Å². The number of nitrogens with zero attached hydrogens (tertiary/aromatic N) is 1. The van der Waals surface area contributed by atoms with Crippen LogP contribution in [-0.4, -0.2) is 27.8 Å². The van der Waals surface area contributed by atoms with Crippen molar-refractivity contribution in [2.75, 3.05) is 12.3 Å². The Morgan fingerprint density at radius 1 is 1.12 bits per heavy atom. The lowest BCUT2D eigenvalue weighted by atomic mass is 9.80. The molecule has 1 aliphatic rings. The highest BCUT2D eigenvalue weighted by Gasteiger charge is 2.43. The van der Waals surface area contributed by atoms with Crippen molar-refractivity contribution >= 4 is 34.2 Å². The lowest BCUT2D eigenvalue weighted by molar-refractivity contribution is -0.439. The van der Waals surface area contributed by atoms with E-state index in [4.69, 9.17) is 5.26 Å². The van der Waals surface area contributed by atoms with Crippen LogP contribution in [0, 0.1) is 0 Å². The molecule has 0 unspecified atom stereocenters. The van der Waals surface area contributed by atoms with Crippen molar-refractivity contribution in [2.24, 2.45) is 0 Å². The SMILES string of the molecule is CC1=[N+](CCCCSOOO)c2ccc3ccccc3c2C1(C)C. The van der Waals surface area contributed by atoms with Gasteiger partial charge in [0.15, 0.2) is 5.71 Å². The molecule has 1 heterocycles. The van der Waals surface area contributed by atoms with Crippen LogP contribution in [0.3, 0.4) is 0 Å². The molecule has 0 radical (unpaired) electrons. The highest BCUT2D eigenvalue weighted by Crippen LogP contribution is 2.43. The third kappa shape index (κ3) is 3.09. The second-order valence-corrected chi connectivity index (χ2v) is 7.49. The van der Waals surface area contributed by atoms with Crippen molar-refractivity contribution in [3.05, 3.63) is 42.0 Å². The molecule has 0 aliphatic carbocycles. The Hall–Kier alpha value is -1.40. The maximum atomic E-state index is 8.13. The molecule has 0 amide bonds. The molecule has 3 rings (SSSR count). The van der Waals surface area contributed by atoms with E-state index < -0.39 is 0 Å². The maximum Gasteiger partial charge on any atom is 0.210 e. The van der Waals surface area contributed by atoms with E-state index in [1.54, 1.807) is 0 Å². The quantitative estimate of drug-likeness (QED) is 0.249. The molecule has 0 saturated heterocycles. The predicted molar refractivity (Wildman–Crippen MR) is 98.9 cm³/mol. The van der Waals surface area contributed by atoms with Crippen LogP contribution in [0.25, 0.3) is 10.8 Å². The van der Waals surface area contributed by atoms with Gasteiger partial charge >= 0.3 is 0 Å². The summed E-state index contributed by atoms with van der Waals surface area (Å²) in [7, 11) is 0. The zero-order chi connectivity index (χ0) is 17.2. The van der Waals surface area contributed by atoms with Crippen LogP contribution < -0.4 is 0 Å². The Balaban J connectivity index is 1.84. The zero-order valence-corrected chi connectivity index (χ0v) is 15.2. The fourth-order valence-electron chi connectivity index (χ4n) is 3.62. The van der Waals surface area contributed by atoms with Gasteiger partial charge in [-0.25, -0.2) is 5.26 Å². The van der Waals surface area contributed by atoms with Crippen LogP contribution in [-0.2, 0) is 14.8 Å². The molecule has 24 heavy (non-hydrogen) atoms. The average Bonchev–Trinajstić information content (AvgIpc) is 2.78. The standard InChI is InChI=1S/C19H23NO3S/c1-14-19(2,3)18-16-9-5-4-8-15(16)10-11-17(18)20(14)12-6-7-13-24-23-22-21/h4-5,8-11H,6-7,12-13H2,1-3H3/p+1. The van der Waals surface area contributed by atoms with E-state index in [2.05, 4.69) is 71.1 Å². The van der Waals surface area contributed by atoms with Crippen molar-refractivity contribution in [2.45, 2.75) is 39.0 Å². The third-order valence-corrected chi connectivity index (χ3v) is 5.68. The number of fused-ring (bicyclic) bond motifs is 3. The van der Waals surface area contributed by atoms with Crippen molar-refractivity contribution in [1.82, 2.24) is 0 Å². The second kappa shape index (κ2) is 7.23. The van der Waals surface area contributed by atoms with Crippen molar-refractivity contribution in [1.29, 1.82) is 0 Å².